The third-order valence-electron chi connectivity index (χ3n) is 2.31. The molecule has 92 valence electrons. The Bertz CT molecular complexity index is 412. The third kappa shape index (κ3) is 4.61. The molecule has 3 N–H and O–H groups in total. The SMILES string of the molecule is Cc1cscc1CNS(=O)(=O)CCCCN. The summed E-state index contributed by atoms with van der Waals surface area (Å²) >= 11 is 1.59. The minimum atomic E-state index is -3.15. The van der Waals surface area contributed by atoms with Crippen molar-refractivity contribution in [3.8, 4) is 0 Å². The molecule has 0 spiro atoms. The number of sulfonamides is 1. The number of unbranched alkanes of at least 4 members (excludes halogenated alkanes) is 1. The summed E-state index contributed by atoms with van der Waals surface area (Å²) in [5, 5.41) is 3.98. The minimum absolute atomic E-state index is 0.160. The summed E-state index contributed by atoms with van der Waals surface area (Å²) in [5.41, 5.74) is 7.50. The molecule has 1 aromatic heterocycles. The Balaban J connectivity index is 2.39. The van der Waals surface area contributed by atoms with Crippen LogP contribution in [0.5, 0.6) is 0 Å². The monoisotopic (exact) mass is 262 g/mol. The van der Waals surface area contributed by atoms with Crippen molar-refractivity contribution in [1.29, 1.82) is 0 Å². The first-order valence-electron chi connectivity index (χ1n) is 5.24. The molecule has 0 radical (unpaired) electrons. The van der Waals surface area contributed by atoms with Crippen LogP contribution in [0.1, 0.15) is 24.0 Å². The van der Waals surface area contributed by atoms with Crippen molar-refractivity contribution in [1.82, 2.24) is 4.72 Å². The molecule has 0 saturated heterocycles. The second-order valence-electron chi connectivity index (χ2n) is 3.72. The number of nitrogens with one attached hydrogen (secondary N) is 1. The lowest BCUT2D eigenvalue weighted by molar-refractivity contribution is 0.577. The van der Waals surface area contributed by atoms with Crippen LogP contribution in [0.4, 0.5) is 0 Å². The van der Waals surface area contributed by atoms with Gasteiger partial charge in [-0.3, -0.25) is 0 Å². The first-order chi connectivity index (χ1) is 7.55. The summed E-state index contributed by atoms with van der Waals surface area (Å²) in [7, 11) is -3.15. The van der Waals surface area contributed by atoms with E-state index in [1.54, 1.807) is 11.3 Å². The van der Waals surface area contributed by atoms with E-state index in [2.05, 4.69) is 4.72 Å². The fourth-order valence-corrected chi connectivity index (χ4v) is 3.23. The Labute approximate surface area is 101 Å². The zero-order valence-corrected chi connectivity index (χ0v) is 11.0. The van der Waals surface area contributed by atoms with Crippen LogP contribution in [0.15, 0.2) is 10.8 Å². The van der Waals surface area contributed by atoms with E-state index in [0.717, 1.165) is 17.5 Å². The zero-order valence-electron chi connectivity index (χ0n) is 9.40. The lowest BCUT2D eigenvalue weighted by atomic mass is 10.2. The summed E-state index contributed by atoms with van der Waals surface area (Å²) in [6.45, 7) is 2.91. The van der Waals surface area contributed by atoms with Crippen molar-refractivity contribution >= 4 is 21.4 Å². The van der Waals surface area contributed by atoms with E-state index >= 15 is 0 Å². The maximum atomic E-state index is 11.6. The molecular formula is C10H18N2O2S2. The van der Waals surface area contributed by atoms with Crippen LogP contribution in [0.2, 0.25) is 0 Å². The molecule has 6 heteroatoms. The van der Waals surface area contributed by atoms with E-state index in [1.807, 2.05) is 17.7 Å². The number of hydrogen-bond acceptors (Lipinski definition) is 4. The van der Waals surface area contributed by atoms with Crippen LogP contribution in [0.3, 0.4) is 0 Å². The van der Waals surface area contributed by atoms with Gasteiger partial charge in [-0.05, 0) is 48.2 Å². The molecule has 0 bridgehead atoms. The molecule has 1 rings (SSSR count). The van der Waals surface area contributed by atoms with E-state index < -0.39 is 10.0 Å². The standard InChI is InChI=1S/C10H18N2O2S2/c1-9-7-15-8-10(9)6-12-16(13,14)5-3-2-4-11/h7-8,12H,2-6,11H2,1H3. The van der Waals surface area contributed by atoms with Crippen molar-refractivity contribution in [3.63, 3.8) is 0 Å². The number of thiophene rings is 1. The average Bonchev–Trinajstić information content (AvgIpc) is 2.62. The fourth-order valence-electron chi connectivity index (χ4n) is 1.26. The lowest BCUT2D eigenvalue weighted by Crippen LogP contribution is -2.26. The normalized spacial score (nSPS) is 11.9. The molecule has 4 nitrogen and oxygen atoms in total. The summed E-state index contributed by atoms with van der Waals surface area (Å²) < 4.78 is 25.7. The van der Waals surface area contributed by atoms with Gasteiger partial charge in [0.25, 0.3) is 0 Å². The Kier molecular flexibility index (Phi) is 5.40. The van der Waals surface area contributed by atoms with Crippen molar-refractivity contribution in [2.75, 3.05) is 12.3 Å². The van der Waals surface area contributed by atoms with Gasteiger partial charge in [0.1, 0.15) is 0 Å². The third-order valence-corrected chi connectivity index (χ3v) is 4.63. The maximum absolute atomic E-state index is 11.6. The Hall–Kier alpha value is -0.430. The first-order valence-corrected chi connectivity index (χ1v) is 7.84. The lowest BCUT2D eigenvalue weighted by Gasteiger charge is -2.05. The first kappa shape index (κ1) is 13.6. The van der Waals surface area contributed by atoms with Crippen LogP contribution < -0.4 is 10.5 Å². The number of nitrogens with two attached hydrogens (primary N) is 1. The Morgan fingerprint density at radius 3 is 2.69 bits per heavy atom. The van der Waals surface area contributed by atoms with Gasteiger partial charge < -0.3 is 5.73 Å². The summed E-state index contributed by atoms with van der Waals surface area (Å²) in [6.07, 6.45) is 1.37. The van der Waals surface area contributed by atoms with E-state index in [-0.39, 0.29) is 5.75 Å². The number of aryl methyl sites for hydroxylation is 1. The van der Waals surface area contributed by atoms with E-state index in [4.69, 9.17) is 5.73 Å². The topological polar surface area (TPSA) is 72.2 Å². The highest BCUT2D eigenvalue weighted by molar-refractivity contribution is 7.89. The molecule has 1 aromatic rings. The van der Waals surface area contributed by atoms with Gasteiger partial charge >= 0.3 is 0 Å². The highest BCUT2D eigenvalue weighted by Crippen LogP contribution is 2.13. The van der Waals surface area contributed by atoms with Gasteiger partial charge in [-0.15, -0.1) is 0 Å². The summed E-state index contributed by atoms with van der Waals surface area (Å²) in [6, 6.07) is 0. The predicted molar refractivity (Wildman–Crippen MR) is 68.0 cm³/mol. The molecule has 0 saturated carbocycles. The molecule has 0 aliphatic rings. The average molecular weight is 262 g/mol. The van der Waals surface area contributed by atoms with Gasteiger partial charge in [0.05, 0.1) is 5.75 Å². The molecule has 1 heterocycles. The van der Waals surface area contributed by atoms with Gasteiger partial charge in [-0.25, -0.2) is 13.1 Å². The minimum Gasteiger partial charge on any atom is -0.330 e. The van der Waals surface area contributed by atoms with Gasteiger partial charge in [0, 0.05) is 6.54 Å². The molecule has 0 aliphatic heterocycles. The van der Waals surface area contributed by atoms with E-state index in [0.29, 0.717) is 19.5 Å². The molecule has 0 fully saturated rings. The molecule has 0 aromatic carbocycles. The molecule has 0 atom stereocenters. The van der Waals surface area contributed by atoms with Gasteiger partial charge in [0.15, 0.2) is 0 Å². The van der Waals surface area contributed by atoms with Crippen molar-refractivity contribution in [2.45, 2.75) is 26.3 Å². The van der Waals surface area contributed by atoms with Crippen LogP contribution in [-0.4, -0.2) is 20.7 Å². The highest BCUT2D eigenvalue weighted by atomic mass is 32.2. The van der Waals surface area contributed by atoms with Crippen LogP contribution >= 0.6 is 11.3 Å². The maximum Gasteiger partial charge on any atom is 0.211 e. The smallest absolute Gasteiger partial charge is 0.211 e. The molecular weight excluding hydrogens is 244 g/mol. The summed E-state index contributed by atoms with van der Waals surface area (Å²) in [5.74, 6) is 0.160. The van der Waals surface area contributed by atoms with Crippen LogP contribution in [0.25, 0.3) is 0 Å². The highest BCUT2D eigenvalue weighted by Gasteiger charge is 2.10. The molecule has 16 heavy (non-hydrogen) atoms. The summed E-state index contributed by atoms with van der Waals surface area (Å²) in [4.78, 5) is 0. The van der Waals surface area contributed by atoms with Crippen LogP contribution in [0, 0.1) is 6.92 Å². The fraction of sp³-hybridized carbons (Fsp3) is 0.600. The van der Waals surface area contributed by atoms with Crippen molar-refractivity contribution in [3.05, 3.63) is 21.9 Å². The van der Waals surface area contributed by atoms with Crippen LogP contribution in [-0.2, 0) is 16.6 Å². The van der Waals surface area contributed by atoms with Gasteiger partial charge in [-0.2, -0.15) is 11.3 Å². The van der Waals surface area contributed by atoms with E-state index in [1.165, 1.54) is 0 Å². The largest absolute Gasteiger partial charge is 0.330 e. The van der Waals surface area contributed by atoms with Crippen molar-refractivity contribution in [2.24, 2.45) is 5.73 Å². The van der Waals surface area contributed by atoms with E-state index in [9.17, 15) is 8.42 Å². The van der Waals surface area contributed by atoms with Gasteiger partial charge in [-0.1, -0.05) is 0 Å². The quantitative estimate of drug-likeness (QED) is 0.726. The zero-order chi connectivity index (χ0) is 12.0. The second-order valence-corrected chi connectivity index (χ2v) is 6.39. The Morgan fingerprint density at radius 1 is 1.38 bits per heavy atom. The predicted octanol–water partition coefficient (Wildman–Crippen LogP) is 1.21. The second kappa shape index (κ2) is 6.34. The van der Waals surface area contributed by atoms with Gasteiger partial charge in [0.2, 0.25) is 10.0 Å². The van der Waals surface area contributed by atoms with Crippen molar-refractivity contribution < 1.29 is 8.42 Å². The molecule has 0 aliphatic carbocycles. The Morgan fingerprint density at radius 2 is 2.12 bits per heavy atom. The number of rotatable bonds is 7. The molecule has 0 unspecified atom stereocenters. The molecule has 0 amide bonds. The number of hydrogen-bond donors (Lipinski definition) is 2.